The molecule has 0 aromatic carbocycles. The van der Waals surface area contributed by atoms with Gasteiger partial charge in [-0.2, -0.15) is 26.3 Å². The molecule has 1 heterocycles. The van der Waals surface area contributed by atoms with Gasteiger partial charge >= 0.3 is 30.1 Å². The fraction of sp³-hybridized carbons (Fsp3) is 0.667. The Balaban J connectivity index is 2.95. The molecule has 1 atom stereocenters. The first kappa shape index (κ1) is 17.0. The molecule has 1 saturated heterocycles. The lowest BCUT2D eigenvalue weighted by atomic mass is 10.1. The van der Waals surface area contributed by atoms with Crippen molar-refractivity contribution in [3.63, 3.8) is 0 Å². The van der Waals surface area contributed by atoms with E-state index < -0.39 is 55.8 Å². The van der Waals surface area contributed by atoms with Gasteiger partial charge in [-0.3, -0.25) is 9.59 Å². The van der Waals surface area contributed by atoms with E-state index in [9.17, 15) is 40.7 Å². The van der Waals surface area contributed by atoms with Crippen molar-refractivity contribution in [3.8, 4) is 0 Å². The third kappa shape index (κ3) is 3.76. The molecule has 1 aliphatic heterocycles. The van der Waals surface area contributed by atoms with Crippen LogP contribution in [0.15, 0.2) is 0 Å². The molecule has 1 aliphatic rings. The summed E-state index contributed by atoms with van der Waals surface area (Å²) in [6.07, 6.45) is -10.6. The molecule has 0 bridgehead atoms. The molecule has 0 spiro atoms. The topological polar surface area (TPSA) is 77.9 Å². The minimum absolute atomic E-state index is 0.0545. The zero-order valence-corrected chi connectivity index (χ0v) is 10.0. The number of rotatable bonds is 1. The molecule has 2 amide bonds. The SMILES string of the molecule is O=C(O)C1CN(C(=O)C(F)(F)F)CCN1C(=O)C(F)(F)F. The monoisotopic (exact) mass is 322 g/mol. The van der Waals surface area contributed by atoms with E-state index in [2.05, 4.69) is 0 Å². The minimum Gasteiger partial charge on any atom is -0.480 e. The highest BCUT2D eigenvalue weighted by Crippen LogP contribution is 2.25. The summed E-state index contributed by atoms with van der Waals surface area (Å²) in [5.74, 6) is -6.78. The molecule has 1 rings (SSSR count). The number of carboxylic acids is 1. The quantitative estimate of drug-likeness (QED) is 0.701. The highest BCUT2D eigenvalue weighted by Gasteiger charge is 2.51. The van der Waals surface area contributed by atoms with Crippen molar-refractivity contribution >= 4 is 17.8 Å². The predicted octanol–water partition coefficient (Wildman–Crippen LogP) is 0.235. The Morgan fingerprint density at radius 1 is 0.905 bits per heavy atom. The van der Waals surface area contributed by atoms with E-state index >= 15 is 0 Å². The van der Waals surface area contributed by atoms with Gasteiger partial charge in [0.15, 0.2) is 0 Å². The first-order valence-electron chi connectivity index (χ1n) is 5.32. The van der Waals surface area contributed by atoms with Crippen molar-refractivity contribution in [2.24, 2.45) is 0 Å². The zero-order chi connectivity index (χ0) is 16.6. The predicted molar refractivity (Wildman–Crippen MR) is 51.8 cm³/mol. The number of carboxylic acid groups (broad SMARTS) is 1. The van der Waals surface area contributed by atoms with Crippen LogP contribution >= 0.6 is 0 Å². The highest BCUT2D eigenvalue weighted by atomic mass is 19.4. The van der Waals surface area contributed by atoms with Crippen LogP contribution in [-0.2, 0) is 14.4 Å². The second kappa shape index (κ2) is 5.41. The minimum atomic E-state index is -5.36. The second-order valence-electron chi connectivity index (χ2n) is 4.10. The number of amides is 2. The molecule has 0 saturated carbocycles. The number of piperazine rings is 1. The molecule has 12 heteroatoms. The molecule has 120 valence electrons. The van der Waals surface area contributed by atoms with Crippen molar-refractivity contribution in [1.29, 1.82) is 0 Å². The summed E-state index contributed by atoms with van der Waals surface area (Å²) in [4.78, 5) is 32.7. The van der Waals surface area contributed by atoms with E-state index in [0.717, 1.165) is 0 Å². The van der Waals surface area contributed by atoms with E-state index in [-0.39, 0.29) is 9.80 Å². The Labute approximate surface area is 112 Å². The highest BCUT2D eigenvalue weighted by molar-refractivity contribution is 5.89. The van der Waals surface area contributed by atoms with Gasteiger partial charge < -0.3 is 14.9 Å². The van der Waals surface area contributed by atoms with Crippen LogP contribution in [-0.4, -0.2) is 70.7 Å². The van der Waals surface area contributed by atoms with Crippen LogP contribution in [0.2, 0.25) is 0 Å². The number of hydrogen-bond acceptors (Lipinski definition) is 3. The van der Waals surface area contributed by atoms with Gasteiger partial charge in [0.2, 0.25) is 0 Å². The number of alkyl halides is 6. The van der Waals surface area contributed by atoms with Gasteiger partial charge in [0.05, 0.1) is 6.54 Å². The number of carbonyl (C=O) groups excluding carboxylic acids is 2. The largest absolute Gasteiger partial charge is 0.480 e. The number of hydrogen-bond donors (Lipinski definition) is 1. The fourth-order valence-electron chi connectivity index (χ4n) is 1.76. The first-order valence-corrected chi connectivity index (χ1v) is 5.32. The van der Waals surface area contributed by atoms with Crippen LogP contribution in [0, 0.1) is 0 Å². The van der Waals surface area contributed by atoms with Gasteiger partial charge in [-0.1, -0.05) is 0 Å². The summed E-state index contributed by atoms with van der Waals surface area (Å²) in [5.41, 5.74) is 0. The van der Waals surface area contributed by atoms with E-state index in [1.165, 1.54) is 0 Å². The Morgan fingerprint density at radius 2 is 1.38 bits per heavy atom. The number of halogens is 6. The lowest BCUT2D eigenvalue weighted by Crippen LogP contribution is -2.62. The first-order chi connectivity index (χ1) is 9.35. The summed E-state index contributed by atoms with van der Waals surface area (Å²) < 4.78 is 73.4. The van der Waals surface area contributed by atoms with E-state index in [1.54, 1.807) is 0 Å². The van der Waals surface area contributed by atoms with Crippen molar-refractivity contribution in [2.45, 2.75) is 18.4 Å². The zero-order valence-electron chi connectivity index (χ0n) is 10.0. The van der Waals surface area contributed by atoms with Crippen LogP contribution in [0.4, 0.5) is 26.3 Å². The van der Waals surface area contributed by atoms with E-state index in [0.29, 0.717) is 0 Å². The molecular weight excluding hydrogens is 314 g/mol. The Hall–Kier alpha value is -2.01. The lowest BCUT2D eigenvalue weighted by molar-refractivity contribution is -0.198. The summed E-state index contributed by atoms with van der Waals surface area (Å²) in [6.45, 7) is -2.98. The maximum Gasteiger partial charge on any atom is 0.471 e. The molecule has 0 aliphatic carbocycles. The van der Waals surface area contributed by atoms with E-state index in [4.69, 9.17) is 5.11 Å². The van der Waals surface area contributed by atoms with Gasteiger partial charge in [0, 0.05) is 13.1 Å². The Kier molecular flexibility index (Phi) is 4.39. The molecule has 1 unspecified atom stereocenters. The van der Waals surface area contributed by atoms with Crippen LogP contribution in [0.1, 0.15) is 0 Å². The lowest BCUT2D eigenvalue weighted by Gasteiger charge is -2.39. The van der Waals surface area contributed by atoms with Gasteiger partial charge in [0.25, 0.3) is 0 Å². The van der Waals surface area contributed by atoms with Crippen LogP contribution in [0.25, 0.3) is 0 Å². The molecule has 21 heavy (non-hydrogen) atoms. The van der Waals surface area contributed by atoms with Crippen molar-refractivity contribution in [1.82, 2.24) is 9.80 Å². The summed E-state index contributed by atoms with van der Waals surface area (Å²) >= 11 is 0. The average molecular weight is 322 g/mol. The summed E-state index contributed by atoms with van der Waals surface area (Å²) in [7, 11) is 0. The van der Waals surface area contributed by atoms with Gasteiger partial charge in [-0.15, -0.1) is 0 Å². The molecular formula is C9H8F6N2O4. The van der Waals surface area contributed by atoms with Crippen LogP contribution in [0.5, 0.6) is 0 Å². The van der Waals surface area contributed by atoms with Crippen molar-refractivity contribution < 1.29 is 45.8 Å². The standard InChI is InChI=1S/C9H8F6N2O4/c10-8(11,12)6(20)16-1-2-17(4(3-16)5(18)19)7(21)9(13,14)15/h4H,1-3H2,(H,18,19). The van der Waals surface area contributed by atoms with Gasteiger partial charge in [0.1, 0.15) is 6.04 Å². The third-order valence-electron chi connectivity index (χ3n) is 2.70. The normalized spacial score (nSPS) is 20.4. The van der Waals surface area contributed by atoms with Crippen molar-refractivity contribution in [3.05, 3.63) is 0 Å². The number of carbonyl (C=O) groups is 3. The van der Waals surface area contributed by atoms with Gasteiger partial charge in [-0.05, 0) is 0 Å². The van der Waals surface area contributed by atoms with Crippen molar-refractivity contribution in [2.75, 3.05) is 19.6 Å². The molecule has 0 radical (unpaired) electrons. The molecule has 0 aromatic heterocycles. The van der Waals surface area contributed by atoms with E-state index in [1.807, 2.05) is 0 Å². The number of nitrogens with zero attached hydrogens (tertiary/aromatic N) is 2. The van der Waals surface area contributed by atoms with Crippen LogP contribution in [0.3, 0.4) is 0 Å². The average Bonchev–Trinajstić information content (AvgIpc) is 2.34. The molecule has 1 N–H and O–H groups in total. The molecule has 1 fully saturated rings. The van der Waals surface area contributed by atoms with Crippen LogP contribution < -0.4 is 0 Å². The second-order valence-corrected chi connectivity index (χ2v) is 4.10. The fourth-order valence-corrected chi connectivity index (χ4v) is 1.76. The van der Waals surface area contributed by atoms with Gasteiger partial charge in [-0.25, -0.2) is 4.79 Å². The molecule has 0 aromatic rings. The third-order valence-corrected chi connectivity index (χ3v) is 2.70. The Morgan fingerprint density at radius 3 is 1.76 bits per heavy atom. The maximum absolute atomic E-state index is 12.3. The number of aliphatic carboxylic acids is 1. The maximum atomic E-state index is 12.3. The summed E-state index contributed by atoms with van der Waals surface area (Å²) in [6, 6.07) is -2.20. The Bertz CT molecular complexity index is 460. The molecule has 6 nitrogen and oxygen atoms in total. The summed E-state index contributed by atoms with van der Waals surface area (Å²) in [5, 5.41) is 8.75. The smallest absolute Gasteiger partial charge is 0.471 e.